The Morgan fingerprint density at radius 2 is 1.67 bits per heavy atom. The highest BCUT2D eigenvalue weighted by Gasteiger charge is 2.09. The summed E-state index contributed by atoms with van der Waals surface area (Å²) < 4.78 is 0. The molecule has 0 aliphatic rings. The highest BCUT2D eigenvalue weighted by atomic mass is 16.3. The predicted molar refractivity (Wildman–Crippen MR) is 70.6 cm³/mol. The third kappa shape index (κ3) is 1.55. The predicted octanol–water partition coefficient (Wildman–Crippen LogP) is 2.77. The Balaban J connectivity index is 2.26. The molecule has 1 N–H and O–H groups in total. The van der Waals surface area contributed by atoms with E-state index in [1.54, 1.807) is 18.2 Å². The van der Waals surface area contributed by atoms with Crippen LogP contribution in [0.3, 0.4) is 0 Å². The molecule has 88 valence electrons. The van der Waals surface area contributed by atoms with Crippen LogP contribution in [0, 0.1) is 0 Å². The molecule has 4 heteroatoms. The van der Waals surface area contributed by atoms with Crippen molar-refractivity contribution in [1.29, 1.82) is 0 Å². The molecule has 1 aromatic heterocycles. The van der Waals surface area contributed by atoms with E-state index in [0.717, 1.165) is 11.0 Å². The second kappa shape index (κ2) is 4.00. The molecule has 4 nitrogen and oxygen atoms in total. The monoisotopic (exact) mass is 237 g/mol. The Kier molecular flexibility index (Phi) is 2.34. The topological polar surface area (TPSA) is 50.9 Å². The zero-order chi connectivity index (χ0) is 12.5. The van der Waals surface area contributed by atoms with Gasteiger partial charge in [0.15, 0.2) is 0 Å². The Hall–Kier alpha value is -2.62. The molecule has 0 aliphatic heterocycles. The largest absolute Gasteiger partial charge is 0.507 e. The van der Waals surface area contributed by atoms with Gasteiger partial charge in [-0.1, -0.05) is 30.9 Å². The summed E-state index contributed by atoms with van der Waals surface area (Å²) in [5.41, 5.74) is 2.96. The summed E-state index contributed by atoms with van der Waals surface area (Å²) in [6.45, 7) is 3.70. The number of phenolic OH excluding ortho intramolecular Hbond substituents is 1. The molecule has 0 saturated heterocycles. The Bertz CT molecular complexity index is 698. The lowest BCUT2D eigenvalue weighted by molar-refractivity contribution is 0.473. The number of nitrogens with zero attached hydrogens (tertiary/aromatic N) is 3. The zero-order valence-electron chi connectivity index (χ0n) is 9.61. The fourth-order valence-electron chi connectivity index (χ4n) is 1.89. The molecule has 0 unspecified atom stereocenters. The number of fused-ring (bicyclic) bond motifs is 1. The number of phenols is 1. The minimum Gasteiger partial charge on any atom is -0.507 e. The fourth-order valence-corrected chi connectivity index (χ4v) is 1.89. The lowest BCUT2D eigenvalue weighted by atomic mass is 10.1. The molecule has 0 saturated carbocycles. The Labute approximate surface area is 104 Å². The molecule has 1 heterocycles. The van der Waals surface area contributed by atoms with Crippen LogP contribution in [0.25, 0.3) is 22.8 Å². The molecule has 0 atom stereocenters. The zero-order valence-corrected chi connectivity index (χ0v) is 9.61. The normalized spacial score (nSPS) is 10.7. The van der Waals surface area contributed by atoms with Gasteiger partial charge in [-0.05, 0) is 24.3 Å². The van der Waals surface area contributed by atoms with Gasteiger partial charge >= 0.3 is 0 Å². The van der Waals surface area contributed by atoms with E-state index in [-0.39, 0.29) is 5.75 Å². The van der Waals surface area contributed by atoms with E-state index in [2.05, 4.69) is 16.8 Å². The maximum atomic E-state index is 9.79. The average molecular weight is 237 g/mol. The van der Waals surface area contributed by atoms with E-state index in [9.17, 15) is 5.11 Å². The first-order chi connectivity index (χ1) is 8.79. The molecular weight excluding hydrogens is 226 g/mol. The van der Waals surface area contributed by atoms with Gasteiger partial charge in [-0.25, -0.2) is 0 Å². The van der Waals surface area contributed by atoms with Crippen LogP contribution in [-0.2, 0) is 0 Å². The summed E-state index contributed by atoms with van der Waals surface area (Å²) in [7, 11) is 0. The van der Waals surface area contributed by atoms with Gasteiger partial charge in [0.2, 0.25) is 0 Å². The van der Waals surface area contributed by atoms with Crippen LogP contribution >= 0.6 is 0 Å². The van der Waals surface area contributed by atoms with Crippen molar-refractivity contribution in [2.24, 2.45) is 0 Å². The third-order valence-corrected chi connectivity index (χ3v) is 2.77. The number of hydrogen-bond acceptors (Lipinski definition) is 3. The average Bonchev–Trinajstić information content (AvgIpc) is 2.82. The highest BCUT2D eigenvalue weighted by molar-refractivity contribution is 5.74. The minimum atomic E-state index is 0.170. The van der Waals surface area contributed by atoms with Crippen LogP contribution in [0.15, 0.2) is 49.0 Å². The summed E-state index contributed by atoms with van der Waals surface area (Å²) >= 11 is 0. The first-order valence-electron chi connectivity index (χ1n) is 5.56. The molecule has 0 amide bonds. The van der Waals surface area contributed by atoms with Gasteiger partial charge in [-0.15, -0.1) is 15.0 Å². The van der Waals surface area contributed by atoms with Gasteiger partial charge in [0, 0.05) is 5.56 Å². The van der Waals surface area contributed by atoms with Gasteiger partial charge < -0.3 is 5.11 Å². The van der Waals surface area contributed by atoms with Gasteiger partial charge in [0.1, 0.15) is 16.8 Å². The molecule has 0 bridgehead atoms. The second-order valence-electron chi connectivity index (χ2n) is 3.89. The van der Waals surface area contributed by atoms with Crippen molar-refractivity contribution in [1.82, 2.24) is 15.0 Å². The van der Waals surface area contributed by atoms with Crippen LogP contribution in [-0.4, -0.2) is 20.1 Å². The first-order valence-corrected chi connectivity index (χ1v) is 5.56. The summed E-state index contributed by atoms with van der Waals surface area (Å²) in [5.74, 6) is 0.170. The van der Waals surface area contributed by atoms with Gasteiger partial charge in [-0.3, -0.25) is 0 Å². The van der Waals surface area contributed by atoms with E-state index in [4.69, 9.17) is 0 Å². The van der Waals surface area contributed by atoms with Gasteiger partial charge in [0.05, 0.1) is 5.69 Å². The highest BCUT2D eigenvalue weighted by Crippen LogP contribution is 2.25. The summed E-state index contributed by atoms with van der Waals surface area (Å²) in [6, 6.07) is 12.8. The number of hydrogen-bond donors (Lipinski definition) is 1. The Morgan fingerprint density at radius 1 is 1.00 bits per heavy atom. The van der Waals surface area contributed by atoms with Crippen molar-refractivity contribution in [3.63, 3.8) is 0 Å². The number of rotatable bonds is 2. The van der Waals surface area contributed by atoms with E-state index in [1.165, 1.54) is 4.80 Å². The molecule has 3 aromatic rings. The van der Waals surface area contributed by atoms with Gasteiger partial charge in [0.25, 0.3) is 0 Å². The number of aromatic hydroxyl groups is 1. The summed E-state index contributed by atoms with van der Waals surface area (Å²) in [4.78, 5) is 1.52. The molecule has 0 spiro atoms. The SMILES string of the molecule is C=Cc1c(O)cccc1-n1nc2ccccc2n1. The Morgan fingerprint density at radius 3 is 2.28 bits per heavy atom. The molecule has 0 aliphatic carbocycles. The van der Waals surface area contributed by atoms with E-state index < -0.39 is 0 Å². The molecule has 0 radical (unpaired) electrons. The van der Waals surface area contributed by atoms with Gasteiger partial charge in [-0.2, -0.15) is 0 Å². The molecule has 3 rings (SSSR count). The van der Waals surface area contributed by atoms with Crippen LogP contribution < -0.4 is 0 Å². The second-order valence-corrected chi connectivity index (χ2v) is 3.89. The molecule has 2 aromatic carbocycles. The first kappa shape index (κ1) is 10.5. The van der Waals surface area contributed by atoms with Crippen LogP contribution in [0.4, 0.5) is 0 Å². The molecule has 0 fully saturated rings. The summed E-state index contributed by atoms with van der Waals surface area (Å²) in [6.07, 6.45) is 1.60. The van der Waals surface area contributed by atoms with Crippen molar-refractivity contribution in [2.75, 3.05) is 0 Å². The summed E-state index contributed by atoms with van der Waals surface area (Å²) in [5, 5.41) is 18.5. The van der Waals surface area contributed by atoms with Crippen molar-refractivity contribution < 1.29 is 5.11 Å². The van der Waals surface area contributed by atoms with Crippen LogP contribution in [0.1, 0.15) is 5.56 Å². The van der Waals surface area contributed by atoms with Crippen molar-refractivity contribution in [3.8, 4) is 11.4 Å². The maximum Gasteiger partial charge on any atom is 0.125 e. The maximum absolute atomic E-state index is 9.79. The van der Waals surface area contributed by atoms with Crippen LogP contribution in [0.2, 0.25) is 0 Å². The number of benzene rings is 2. The lowest BCUT2D eigenvalue weighted by Crippen LogP contribution is -2.00. The van der Waals surface area contributed by atoms with Crippen LogP contribution in [0.5, 0.6) is 5.75 Å². The standard InChI is InChI=1S/C14H11N3O/c1-2-10-13(8-5-9-14(10)18)17-15-11-6-3-4-7-12(11)16-17/h2-9,18H,1H2. The number of aromatic nitrogens is 3. The van der Waals surface area contributed by atoms with Crippen molar-refractivity contribution >= 4 is 17.1 Å². The third-order valence-electron chi connectivity index (χ3n) is 2.77. The quantitative estimate of drug-likeness (QED) is 0.745. The fraction of sp³-hybridized carbons (Fsp3) is 0. The molecular formula is C14H11N3O. The molecule has 18 heavy (non-hydrogen) atoms. The minimum absolute atomic E-state index is 0.170. The lowest BCUT2D eigenvalue weighted by Gasteiger charge is -2.05. The van der Waals surface area contributed by atoms with Crippen molar-refractivity contribution in [3.05, 3.63) is 54.6 Å². The van der Waals surface area contributed by atoms with Crippen molar-refractivity contribution in [2.45, 2.75) is 0 Å². The van der Waals surface area contributed by atoms with E-state index in [0.29, 0.717) is 11.3 Å². The smallest absolute Gasteiger partial charge is 0.125 e. The van der Waals surface area contributed by atoms with E-state index >= 15 is 0 Å². The van der Waals surface area contributed by atoms with E-state index in [1.807, 2.05) is 30.3 Å².